The molecule has 18 heavy (non-hydrogen) atoms. The minimum atomic E-state index is -1.12. The molecule has 1 aliphatic rings. The van der Waals surface area contributed by atoms with Crippen molar-refractivity contribution in [3.05, 3.63) is 35.9 Å². The Morgan fingerprint density at radius 3 is 2.50 bits per heavy atom. The molecule has 96 valence electrons. The molecule has 1 aromatic carbocycles. The zero-order valence-electron chi connectivity index (χ0n) is 10.3. The number of benzene rings is 1. The van der Waals surface area contributed by atoms with E-state index in [-0.39, 0.29) is 11.9 Å². The van der Waals surface area contributed by atoms with Crippen LogP contribution in [0.3, 0.4) is 0 Å². The van der Waals surface area contributed by atoms with Crippen LogP contribution in [0.15, 0.2) is 30.3 Å². The van der Waals surface area contributed by atoms with E-state index in [9.17, 15) is 9.59 Å². The van der Waals surface area contributed by atoms with Crippen LogP contribution in [0.1, 0.15) is 25.5 Å². The Morgan fingerprint density at radius 1 is 1.33 bits per heavy atom. The number of nitrogens with one attached hydrogen (secondary N) is 2. The van der Waals surface area contributed by atoms with Crippen LogP contribution in [-0.4, -0.2) is 23.1 Å². The van der Waals surface area contributed by atoms with E-state index in [1.807, 2.05) is 30.3 Å². The van der Waals surface area contributed by atoms with Gasteiger partial charge in [-0.25, -0.2) is 4.79 Å². The third kappa shape index (κ3) is 2.03. The maximum Gasteiger partial charge on any atom is 0.404 e. The number of amides is 2. The van der Waals surface area contributed by atoms with Crippen molar-refractivity contribution in [2.24, 2.45) is 5.41 Å². The Labute approximate surface area is 105 Å². The summed E-state index contributed by atoms with van der Waals surface area (Å²) in [5.74, 6) is -0.143. The van der Waals surface area contributed by atoms with E-state index in [4.69, 9.17) is 5.11 Å². The fraction of sp³-hybridized carbons (Fsp3) is 0.385. The summed E-state index contributed by atoms with van der Waals surface area (Å²) in [4.78, 5) is 22.8. The lowest BCUT2D eigenvalue weighted by Crippen LogP contribution is -2.45. The van der Waals surface area contributed by atoms with E-state index in [1.54, 1.807) is 13.8 Å². The molecule has 2 rings (SSSR count). The predicted molar refractivity (Wildman–Crippen MR) is 66.1 cm³/mol. The summed E-state index contributed by atoms with van der Waals surface area (Å²) < 4.78 is 0. The molecule has 1 heterocycles. The van der Waals surface area contributed by atoms with Crippen molar-refractivity contribution in [3.8, 4) is 0 Å². The second kappa shape index (κ2) is 4.33. The Hall–Kier alpha value is -2.04. The molecule has 1 aliphatic heterocycles. The molecule has 3 N–H and O–H groups in total. The molecule has 1 fully saturated rings. The average Bonchev–Trinajstić information content (AvgIpc) is 2.54. The lowest BCUT2D eigenvalue weighted by molar-refractivity contribution is -0.126. The summed E-state index contributed by atoms with van der Waals surface area (Å²) in [7, 11) is 0. The molecule has 0 saturated carbocycles. The summed E-state index contributed by atoms with van der Waals surface area (Å²) >= 11 is 0. The first kappa shape index (κ1) is 12.4. The molecule has 5 nitrogen and oxygen atoms in total. The number of carboxylic acid groups (broad SMARTS) is 1. The van der Waals surface area contributed by atoms with Gasteiger partial charge in [-0.2, -0.15) is 0 Å². The third-order valence-corrected chi connectivity index (χ3v) is 3.42. The third-order valence-electron chi connectivity index (χ3n) is 3.42. The van der Waals surface area contributed by atoms with E-state index < -0.39 is 17.6 Å². The largest absolute Gasteiger partial charge is 0.465 e. The lowest BCUT2D eigenvalue weighted by Gasteiger charge is -2.27. The molecule has 0 bridgehead atoms. The van der Waals surface area contributed by atoms with Crippen LogP contribution in [0, 0.1) is 5.41 Å². The van der Waals surface area contributed by atoms with Crippen LogP contribution < -0.4 is 10.6 Å². The molecule has 1 aromatic rings. The van der Waals surface area contributed by atoms with E-state index >= 15 is 0 Å². The Morgan fingerprint density at radius 2 is 1.94 bits per heavy atom. The predicted octanol–water partition coefficient (Wildman–Crippen LogP) is 1.52. The van der Waals surface area contributed by atoms with Gasteiger partial charge in [0.25, 0.3) is 0 Å². The first-order valence-electron chi connectivity index (χ1n) is 5.78. The van der Waals surface area contributed by atoms with Crippen molar-refractivity contribution >= 4 is 12.0 Å². The van der Waals surface area contributed by atoms with Crippen molar-refractivity contribution in [2.75, 3.05) is 0 Å². The van der Waals surface area contributed by atoms with Crippen molar-refractivity contribution in [1.82, 2.24) is 10.6 Å². The zero-order valence-corrected chi connectivity index (χ0v) is 10.3. The van der Waals surface area contributed by atoms with Gasteiger partial charge in [0.15, 0.2) is 0 Å². The lowest BCUT2D eigenvalue weighted by atomic mass is 9.82. The molecule has 2 unspecified atom stereocenters. The summed E-state index contributed by atoms with van der Waals surface area (Å²) in [6.07, 6.45) is -1.12. The summed E-state index contributed by atoms with van der Waals surface area (Å²) in [5.41, 5.74) is 0.133. The number of hydrogen-bond donors (Lipinski definition) is 3. The monoisotopic (exact) mass is 248 g/mol. The molecule has 0 aliphatic carbocycles. The topological polar surface area (TPSA) is 78.4 Å². The van der Waals surface area contributed by atoms with Gasteiger partial charge in [0, 0.05) is 0 Å². The molecular weight excluding hydrogens is 232 g/mol. The van der Waals surface area contributed by atoms with Gasteiger partial charge >= 0.3 is 6.09 Å². The minimum Gasteiger partial charge on any atom is -0.465 e. The minimum absolute atomic E-state index is 0.143. The number of hydrogen-bond acceptors (Lipinski definition) is 2. The van der Waals surface area contributed by atoms with Gasteiger partial charge in [0.05, 0.1) is 17.5 Å². The van der Waals surface area contributed by atoms with E-state index in [1.165, 1.54) is 0 Å². The van der Waals surface area contributed by atoms with Crippen LogP contribution in [0.4, 0.5) is 4.79 Å². The molecular formula is C13H16N2O3. The molecule has 1 saturated heterocycles. The molecule has 2 amide bonds. The first-order valence-corrected chi connectivity index (χ1v) is 5.78. The Bertz CT molecular complexity index is 470. The van der Waals surface area contributed by atoms with Crippen LogP contribution >= 0.6 is 0 Å². The summed E-state index contributed by atoms with van der Waals surface area (Å²) in [5, 5.41) is 14.2. The zero-order chi connectivity index (χ0) is 13.3. The first-order chi connectivity index (χ1) is 8.43. The smallest absolute Gasteiger partial charge is 0.404 e. The number of carbonyl (C=O) groups is 2. The highest BCUT2D eigenvalue weighted by molar-refractivity contribution is 5.87. The Balaban J connectivity index is 2.35. The van der Waals surface area contributed by atoms with Crippen LogP contribution in [0.25, 0.3) is 0 Å². The Kier molecular flexibility index (Phi) is 2.98. The van der Waals surface area contributed by atoms with Gasteiger partial charge < -0.3 is 15.7 Å². The molecule has 0 spiro atoms. The maximum absolute atomic E-state index is 11.9. The molecule has 0 aromatic heterocycles. The quantitative estimate of drug-likeness (QED) is 0.742. The molecule has 5 heteroatoms. The van der Waals surface area contributed by atoms with Gasteiger partial charge in [-0.05, 0) is 19.4 Å². The summed E-state index contributed by atoms with van der Waals surface area (Å²) in [6.45, 7) is 3.48. The van der Waals surface area contributed by atoms with Crippen LogP contribution in [0.2, 0.25) is 0 Å². The van der Waals surface area contributed by atoms with E-state index in [0.717, 1.165) is 5.56 Å². The van der Waals surface area contributed by atoms with Crippen molar-refractivity contribution in [1.29, 1.82) is 0 Å². The van der Waals surface area contributed by atoms with Crippen molar-refractivity contribution in [2.45, 2.75) is 25.9 Å². The number of rotatable bonds is 2. The van der Waals surface area contributed by atoms with Gasteiger partial charge in [0.1, 0.15) is 0 Å². The maximum atomic E-state index is 11.9. The fourth-order valence-electron chi connectivity index (χ4n) is 2.30. The molecule has 0 radical (unpaired) electrons. The molecule has 2 atom stereocenters. The van der Waals surface area contributed by atoms with Gasteiger partial charge in [-0.15, -0.1) is 0 Å². The fourth-order valence-corrected chi connectivity index (χ4v) is 2.30. The normalized spacial score (nSPS) is 25.6. The highest BCUT2D eigenvalue weighted by Crippen LogP contribution is 2.37. The number of carbonyl (C=O) groups excluding carboxylic acids is 1. The standard InChI is InChI=1S/C13H16N2O3/c1-13(2)10(15-12(17)18)9(14-11(13)16)8-6-4-3-5-7-8/h3-7,9-10,15H,1-2H3,(H,14,16)(H,17,18). The SMILES string of the molecule is CC1(C)C(=O)NC(c2ccccc2)C1NC(=O)O. The van der Waals surface area contributed by atoms with Gasteiger partial charge in [-0.1, -0.05) is 30.3 Å². The van der Waals surface area contributed by atoms with Crippen LogP contribution in [0.5, 0.6) is 0 Å². The van der Waals surface area contributed by atoms with Gasteiger partial charge in [-0.3, -0.25) is 4.79 Å². The van der Waals surface area contributed by atoms with E-state index in [2.05, 4.69) is 10.6 Å². The average molecular weight is 248 g/mol. The van der Waals surface area contributed by atoms with Crippen LogP contribution in [-0.2, 0) is 4.79 Å². The van der Waals surface area contributed by atoms with Crippen molar-refractivity contribution in [3.63, 3.8) is 0 Å². The second-order valence-electron chi connectivity index (χ2n) is 5.01. The van der Waals surface area contributed by atoms with Gasteiger partial charge in [0.2, 0.25) is 5.91 Å². The second-order valence-corrected chi connectivity index (χ2v) is 5.01. The highest BCUT2D eigenvalue weighted by Gasteiger charge is 2.49. The summed E-state index contributed by atoms with van der Waals surface area (Å²) in [6, 6.07) is 8.56. The van der Waals surface area contributed by atoms with E-state index in [0.29, 0.717) is 0 Å². The van der Waals surface area contributed by atoms with Crippen molar-refractivity contribution < 1.29 is 14.7 Å². The highest BCUT2D eigenvalue weighted by atomic mass is 16.4.